The molecule has 0 aromatic heterocycles. The van der Waals surface area contributed by atoms with Gasteiger partial charge < -0.3 is 15.0 Å². The van der Waals surface area contributed by atoms with Crippen molar-refractivity contribution in [2.45, 2.75) is 18.9 Å². The summed E-state index contributed by atoms with van der Waals surface area (Å²) in [6.07, 6.45) is 2.54. The van der Waals surface area contributed by atoms with Gasteiger partial charge in [0.2, 0.25) is 10.0 Å². The maximum atomic E-state index is 14.8. The minimum absolute atomic E-state index is 0.315. The quantitative estimate of drug-likeness (QED) is 0.651. The Balaban J connectivity index is 1.37. The van der Waals surface area contributed by atoms with Crippen LogP contribution in [-0.4, -0.2) is 75.4 Å². The van der Waals surface area contributed by atoms with Crippen LogP contribution in [0, 0.1) is 11.7 Å². The molecular weight excluding hydrogens is 431 g/mol. The molecule has 164 valence electrons. The summed E-state index contributed by atoms with van der Waals surface area (Å²) in [5, 5.41) is 3.16. The fourth-order valence-electron chi connectivity index (χ4n) is 3.72. The second-order valence-corrected chi connectivity index (χ2v) is 10.3. The lowest BCUT2D eigenvalue weighted by atomic mass is 10.2. The first-order valence-electron chi connectivity index (χ1n) is 9.98. The van der Waals surface area contributed by atoms with Crippen molar-refractivity contribution in [3.63, 3.8) is 0 Å². The summed E-state index contributed by atoms with van der Waals surface area (Å²) in [6, 6.07) is 4.64. The Morgan fingerprint density at radius 1 is 1.27 bits per heavy atom. The van der Waals surface area contributed by atoms with Crippen molar-refractivity contribution in [3.05, 3.63) is 24.0 Å². The predicted octanol–water partition coefficient (Wildman–Crippen LogP) is 1.56. The molecule has 2 saturated heterocycles. The Morgan fingerprint density at radius 2 is 1.97 bits per heavy atom. The van der Waals surface area contributed by atoms with E-state index in [4.69, 9.17) is 17.0 Å². The molecule has 1 atom stereocenters. The third-order valence-electron chi connectivity index (χ3n) is 5.62. The summed E-state index contributed by atoms with van der Waals surface area (Å²) in [5.41, 5.74) is 0.829. The van der Waals surface area contributed by atoms with Gasteiger partial charge in [0.05, 0.1) is 35.7 Å². The minimum Gasteiger partial charge on any atom is -0.442 e. The first kappa shape index (κ1) is 21.3. The molecule has 1 aromatic carbocycles. The molecule has 11 heteroatoms. The van der Waals surface area contributed by atoms with Crippen molar-refractivity contribution in [1.82, 2.24) is 9.62 Å². The zero-order valence-electron chi connectivity index (χ0n) is 16.7. The van der Waals surface area contributed by atoms with Gasteiger partial charge >= 0.3 is 6.09 Å². The third kappa shape index (κ3) is 4.68. The van der Waals surface area contributed by atoms with Crippen molar-refractivity contribution in [3.8, 4) is 0 Å². The molecule has 8 nitrogen and oxygen atoms in total. The van der Waals surface area contributed by atoms with Gasteiger partial charge in [0.15, 0.2) is 0 Å². The highest BCUT2D eigenvalue weighted by Gasteiger charge is 2.34. The molecule has 3 aliphatic rings. The monoisotopic (exact) mass is 456 g/mol. The smallest absolute Gasteiger partial charge is 0.414 e. The SMILES string of the molecule is CS(=O)(=O)N1CCN(c2ccc(N3C[C@H](CNC(=S)C4CC4)OC3=O)cc2F)CC1. The van der Waals surface area contributed by atoms with E-state index < -0.39 is 21.9 Å². The molecule has 2 aliphatic heterocycles. The summed E-state index contributed by atoms with van der Waals surface area (Å²) in [7, 11) is -3.24. The van der Waals surface area contributed by atoms with Crippen LogP contribution < -0.4 is 15.1 Å². The molecule has 3 fully saturated rings. The van der Waals surface area contributed by atoms with Crippen LogP contribution in [0.3, 0.4) is 0 Å². The van der Waals surface area contributed by atoms with Gasteiger partial charge in [-0.3, -0.25) is 4.90 Å². The Morgan fingerprint density at radius 3 is 2.57 bits per heavy atom. The zero-order valence-corrected chi connectivity index (χ0v) is 18.3. The van der Waals surface area contributed by atoms with Crippen molar-refractivity contribution in [1.29, 1.82) is 0 Å². The van der Waals surface area contributed by atoms with Gasteiger partial charge in [-0.25, -0.2) is 17.6 Å². The number of hydrogen-bond donors (Lipinski definition) is 1. The van der Waals surface area contributed by atoms with E-state index in [0.717, 1.165) is 17.8 Å². The van der Waals surface area contributed by atoms with Gasteiger partial charge in [-0.2, -0.15) is 4.31 Å². The molecule has 0 spiro atoms. The van der Waals surface area contributed by atoms with Crippen molar-refractivity contribution in [2.24, 2.45) is 5.92 Å². The molecule has 1 aliphatic carbocycles. The standard InChI is InChI=1S/C19H25FN4O4S2/c1-30(26,27)23-8-6-22(7-9-23)17-5-4-14(10-16(17)20)24-12-15(28-19(24)25)11-21-18(29)13-2-3-13/h4-5,10,13,15H,2-3,6-9,11-12H2,1H3,(H,21,29)/t15-/m0/s1. The van der Waals surface area contributed by atoms with Crippen LogP contribution in [0.5, 0.6) is 0 Å². The Labute approximate surface area is 181 Å². The van der Waals surface area contributed by atoms with Crippen molar-refractivity contribution in [2.75, 3.05) is 55.3 Å². The first-order valence-corrected chi connectivity index (χ1v) is 12.2. The summed E-state index contributed by atoms with van der Waals surface area (Å²) in [4.78, 5) is 16.3. The fourth-order valence-corrected chi connectivity index (χ4v) is 4.87. The summed E-state index contributed by atoms with van der Waals surface area (Å²) in [5.74, 6) is -0.00117. The average Bonchev–Trinajstić information content (AvgIpc) is 3.48. The van der Waals surface area contributed by atoms with Crippen molar-refractivity contribution >= 4 is 44.7 Å². The van der Waals surface area contributed by atoms with Gasteiger partial charge in [-0.15, -0.1) is 0 Å². The van der Waals surface area contributed by atoms with E-state index in [9.17, 15) is 17.6 Å². The molecule has 1 aromatic rings. The highest BCUT2D eigenvalue weighted by molar-refractivity contribution is 7.88. The topological polar surface area (TPSA) is 82.2 Å². The van der Waals surface area contributed by atoms with Crippen LogP contribution >= 0.6 is 12.2 Å². The second kappa shape index (κ2) is 8.27. The lowest BCUT2D eigenvalue weighted by molar-refractivity contribution is 0.143. The number of thiocarbonyl (C=S) groups is 1. The third-order valence-corrected chi connectivity index (χ3v) is 7.40. The molecule has 4 rings (SSSR count). The number of halogens is 1. The average molecular weight is 457 g/mol. The van der Waals surface area contributed by atoms with E-state index in [-0.39, 0.29) is 6.10 Å². The molecule has 1 saturated carbocycles. The van der Waals surface area contributed by atoms with Crippen LogP contribution in [0.15, 0.2) is 18.2 Å². The molecular formula is C19H25FN4O4S2. The van der Waals surface area contributed by atoms with E-state index in [1.165, 1.54) is 21.5 Å². The number of hydrogen-bond acceptors (Lipinski definition) is 6. The molecule has 0 radical (unpaired) electrons. The van der Waals surface area contributed by atoms with Crippen LogP contribution in [-0.2, 0) is 14.8 Å². The van der Waals surface area contributed by atoms with Gasteiger partial charge in [0.1, 0.15) is 11.9 Å². The number of carbonyl (C=O) groups excluding carboxylic acids is 1. The minimum atomic E-state index is -3.24. The van der Waals surface area contributed by atoms with Gasteiger partial charge in [0, 0.05) is 32.1 Å². The number of anilines is 2. The number of sulfonamides is 1. The van der Waals surface area contributed by atoms with Crippen LogP contribution in [0.25, 0.3) is 0 Å². The van der Waals surface area contributed by atoms with E-state index in [2.05, 4.69) is 5.32 Å². The van der Waals surface area contributed by atoms with E-state index in [0.29, 0.717) is 56.6 Å². The molecule has 0 unspecified atom stereocenters. The normalized spacial score (nSPS) is 22.9. The van der Waals surface area contributed by atoms with E-state index >= 15 is 0 Å². The lowest BCUT2D eigenvalue weighted by Crippen LogP contribution is -2.48. The Bertz CT molecular complexity index is 946. The summed E-state index contributed by atoms with van der Waals surface area (Å²) in [6.45, 7) is 2.22. The fraction of sp³-hybridized carbons (Fsp3) is 0.579. The highest BCUT2D eigenvalue weighted by atomic mass is 32.2. The first-order chi connectivity index (χ1) is 14.2. The highest BCUT2D eigenvalue weighted by Crippen LogP contribution is 2.30. The Hall–Kier alpha value is -1.98. The predicted molar refractivity (Wildman–Crippen MR) is 116 cm³/mol. The summed E-state index contributed by atoms with van der Waals surface area (Å²) < 4.78 is 44.9. The number of ether oxygens (including phenoxy) is 1. The molecule has 1 amide bonds. The number of benzene rings is 1. The largest absolute Gasteiger partial charge is 0.442 e. The van der Waals surface area contributed by atoms with Crippen LogP contribution in [0.4, 0.5) is 20.6 Å². The number of piperazine rings is 1. The number of rotatable bonds is 6. The maximum absolute atomic E-state index is 14.8. The van der Waals surface area contributed by atoms with E-state index in [1.54, 1.807) is 12.1 Å². The number of carbonyl (C=O) groups is 1. The van der Waals surface area contributed by atoms with Crippen molar-refractivity contribution < 1.29 is 22.3 Å². The molecule has 0 bridgehead atoms. The Kier molecular flexibility index (Phi) is 5.86. The van der Waals surface area contributed by atoms with Gasteiger partial charge in [-0.1, -0.05) is 12.2 Å². The molecule has 1 N–H and O–H groups in total. The second-order valence-electron chi connectivity index (χ2n) is 7.92. The van der Waals surface area contributed by atoms with Crippen LogP contribution in [0.1, 0.15) is 12.8 Å². The number of nitrogens with one attached hydrogen (secondary N) is 1. The zero-order chi connectivity index (χ0) is 21.5. The van der Waals surface area contributed by atoms with Gasteiger partial charge in [-0.05, 0) is 31.0 Å². The maximum Gasteiger partial charge on any atom is 0.414 e. The number of nitrogens with zero attached hydrogens (tertiary/aromatic N) is 3. The molecule has 2 heterocycles. The number of amides is 1. The van der Waals surface area contributed by atoms with E-state index in [1.807, 2.05) is 4.90 Å². The lowest BCUT2D eigenvalue weighted by Gasteiger charge is -2.35. The van der Waals surface area contributed by atoms with Crippen LogP contribution in [0.2, 0.25) is 0 Å². The summed E-state index contributed by atoms with van der Waals surface area (Å²) >= 11 is 5.29. The number of cyclic esters (lactones) is 1. The van der Waals surface area contributed by atoms with Gasteiger partial charge in [0.25, 0.3) is 0 Å². The molecule has 30 heavy (non-hydrogen) atoms.